The summed E-state index contributed by atoms with van der Waals surface area (Å²) in [6.45, 7) is 0. The Labute approximate surface area is 148 Å². The monoisotopic (exact) mass is 368 g/mol. The molecule has 8 heteroatoms. The molecule has 0 heterocycles. The van der Waals surface area contributed by atoms with Gasteiger partial charge in [0.25, 0.3) is 0 Å². The second-order valence-electron chi connectivity index (χ2n) is 4.54. The van der Waals surface area contributed by atoms with Gasteiger partial charge in [-0.3, -0.25) is 0 Å². The van der Waals surface area contributed by atoms with Gasteiger partial charge >= 0.3 is 5.97 Å². The number of amidine groups is 1. The highest BCUT2D eigenvalue weighted by Crippen LogP contribution is 2.24. The average molecular weight is 369 g/mol. The number of hydrogen-bond acceptors (Lipinski definition) is 5. The minimum absolute atomic E-state index is 0.0660. The molecule has 2 aromatic rings. The first-order valence-corrected chi connectivity index (χ1v) is 7.44. The standard InChI is InChI=1S/C16H14Cl2N2O4/c1-22-13-5-3-9(17)7-11(13)15(19)20-24-16(21)12-8-10(18)4-6-14(12)23-2/h3-8H,1-2H3,(H2,19,20). The molecule has 0 amide bonds. The molecular weight excluding hydrogens is 355 g/mol. The molecule has 2 rings (SSSR count). The third-order valence-electron chi connectivity index (χ3n) is 3.05. The van der Waals surface area contributed by atoms with Crippen molar-refractivity contribution in [3.8, 4) is 11.5 Å². The summed E-state index contributed by atoms with van der Waals surface area (Å²) in [7, 11) is 2.90. The van der Waals surface area contributed by atoms with Gasteiger partial charge in [-0.05, 0) is 36.4 Å². The zero-order chi connectivity index (χ0) is 17.7. The smallest absolute Gasteiger partial charge is 0.369 e. The molecule has 0 aliphatic carbocycles. The summed E-state index contributed by atoms with van der Waals surface area (Å²) in [5.41, 5.74) is 6.37. The van der Waals surface area contributed by atoms with E-state index in [4.69, 9.17) is 43.2 Å². The molecular formula is C16H14Cl2N2O4. The Kier molecular flexibility index (Phi) is 5.89. The Hall–Kier alpha value is -2.44. The van der Waals surface area contributed by atoms with Gasteiger partial charge in [0.2, 0.25) is 0 Å². The molecule has 0 saturated carbocycles. The largest absolute Gasteiger partial charge is 0.496 e. The van der Waals surface area contributed by atoms with Crippen LogP contribution in [0.3, 0.4) is 0 Å². The Balaban J connectivity index is 2.26. The number of carbonyl (C=O) groups excluding carboxylic acids is 1. The topological polar surface area (TPSA) is 83.1 Å². The number of nitrogens with zero attached hydrogens (tertiary/aromatic N) is 1. The molecule has 0 radical (unpaired) electrons. The van der Waals surface area contributed by atoms with Crippen LogP contribution in [0.5, 0.6) is 11.5 Å². The molecule has 0 saturated heterocycles. The molecule has 2 aromatic carbocycles. The number of oxime groups is 1. The van der Waals surface area contributed by atoms with Crippen molar-refractivity contribution >= 4 is 35.0 Å². The lowest BCUT2D eigenvalue weighted by molar-refractivity contribution is 0.0512. The number of methoxy groups -OCH3 is 2. The van der Waals surface area contributed by atoms with E-state index in [1.807, 2.05) is 0 Å². The highest BCUT2D eigenvalue weighted by atomic mass is 35.5. The molecule has 24 heavy (non-hydrogen) atoms. The summed E-state index contributed by atoms with van der Waals surface area (Å²) >= 11 is 11.8. The summed E-state index contributed by atoms with van der Waals surface area (Å²) in [4.78, 5) is 17.0. The third kappa shape index (κ3) is 4.10. The summed E-state index contributed by atoms with van der Waals surface area (Å²) in [5, 5.41) is 4.43. The van der Waals surface area contributed by atoms with Gasteiger partial charge in [-0.2, -0.15) is 0 Å². The molecule has 0 aromatic heterocycles. The Morgan fingerprint density at radius 1 is 0.958 bits per heavy atom. The fourth-order valence-corrected chi connectivity index (χ4v) is 2.25. The normalized spacial score (nSPS) is 11.1. The van der Waals surface area contributed by atoms with Gasteiger partial charge in [0.1, 0.15) is 17.1 Å². The first-order valence-electron chi connectivity index (χ1n) is 6.68. The van der Waals surface area contributed by atoms with Crippen LogP contribution < -0.4 is 15.2 Å². The van der Waals surface area contributed by atoms with E-state index in [1.54, 1.807) is 30.3 Å². The Bertz CT molecular complexity index is 794. The van der Waals surface area contributed by atoms with Crippen molar-refractivity contribution in [2.75, 3.05) is 14.2 Å². The van der Waals surface area contributed by atoms with Crippen LogP contribution in [-0.2, 0) is 4.84 Å². The van der Waals surface area contributed by atoms with Crippen molar-refractivity contribution in [2.24, 2.45) is 10.9 Å². The Morgan fingerprint density at radius 3 is 2.00 bits per heavy atom. The minimum Gasteiger partial charge on any atom is -0.496 e. The molecule has 0 bridgehead atoms. The predicted molar refractivity (Wildman–Crippen MR) is 92.1 cm³/mol. The zero-order valence-electron chi connectivity index (χ0n) is 12.9. The lowest BCUT2D eigenvalue weighted by Crippen LogP contribution is -2.16. The number of benzene rings is 2. The van der Waals surface area contributed by atoms with Crippen LogP contribution in [0.1, 0.15) is 15.9 Å². The third-order valence-corrected chi connectivity index (χ3v) is 3.52. The van der Waals surface area contributed by atoms with Crippen molar-refractivity contribution < 1.29 is 19.1 Å². The van der Waals surface area contributed by atoms with Gasteiger partial charge in [0.15, 0.2) is 5.84 Å². The first kappa shape index (κ1) is 17.9. The zero-order valence-corrected chi connectivity index (χ0v) is 14.4. The van der Waals surface area contributed by atoms with E-state index in [1.165, 1.54) is 20.3 Å². The van der Waals surface area contributed by atoms with Crippen LogP contribution in [0.4, 0.5) is 0 Å². The number of nitrogens with two attached hydrogens (primary N) is 1. The van der Waals surface area contributed by atoms with E-state index in [2.05, 4.69) is 5.16 Å². The second kappa shape index (κ2) is 7.90. The summed E-state index contributed by atoms with van der Waals surface area (Å²) in [6, 6.07) is 9.36. The van der Waals surface area contributed by atoms with Gasteiger partial charge in [0.05, 0.1) is 19.8 Å². The fraction of sp³-hybridized carbons (Fsp3) is 0.125. The van der Waals surface area contributed by atoms with E-state index in [9.17, 15) is 4.79 Å². The number of halogens is 2. The number of hydrogen-bond donors (Lipinski definition) is 1. The van der Waals surface area contributed by atoms with Gasteiger partial charge in [-0.25, -0.2) is 4.79 Å². The number of rotatable bonds is 5. The van der Waals surface area contributed by atoms with E-state index in [-0.39, 0.29) is 11.4 Å². The molecule has 0 fully saturated rings. The quantitative estimate of drug-likeness (QED) is 0.378. The van der Waals surface area contributed by atoms with Crippen molar-refractivity contribution in [1.29, 1.82) is 0 Å². The predicted octanol–water partition coefficient (Wildman–Crippen LogP) is 3.49. The van der Waals surface area contributed by atoms with Crippen molar-refractivity contribution in [3.63, 3.8) is 0 Å². The lowest BCUT2D eigenvalue weighted by atomic mass is 10.2. The van der Waals surface area contributed by atoms with E-state index >= 15 is 0 Å². The molecule has 0 aliphatic rings. The van der Waals surface area contributed by atoms with E-state index in [0.29, 0.717) is 27.1 Å². The number of ether oxygens (including phenoxy) is 2. The molecule has 126 valence electrons. The van der Waals surface area contributed by atoms with Gasteiger partial charge in [-0.15, -0.1) is 0 Å². The van der Waals surface area contributed by atoms with Gasteiger partial charge in [-0.1, -0.05) is 28.4 Å². The van der Waals surface area contributed by atoms with Crippen LogP contribution >= 0.6 is 23.2 Å². The average Bonchev–Trinajstić information content (AvgIpc) is 2.59. The molecule has 0 spiro atoms. The highest BCUT2D eigenvalue weighted by Gasteiger charge is 2.16. The molecule has 0 aliphatic heterocycles. The maximum Gasteiger partial charge on any atom is 0.369 e. The minimum atomic E-state index is -0.765. The molecule has 0 atom stereocenters. The Morgan fingerprint density at radius 2 is 1.46 bits per heavy atom. The fourth-order valence-electron chi connectivity index (χ4n) is 1.91. The maximum atomic E-state index is 12.2. The second-order valence-corrected chi connectivity index (χ2v) is 5.42. The summed E-state index contributed by atoms with van der Waals surface area (Å²) in [5.74, 6) is -0.0856. The van der Waals surface area contributed by atoms with Crippen LogP contribution in [0, 0.1) is 0 Å². The summed E-state index contributed by atoms with van der Waals surface area (Å²) in [6.07, 6.45) is 0. The summed E-state index contributed by atoms with van der Waals surface area (Å²) < 4.78 is 10.3. The van der Waals surface area contributed by atoms with Crippen molar-refractivity contribution in [3.05, 3.63) is 57.6 Å². The van der Waals surface area contributed by atoms with Crippen molar-refractivity contribution in [1.82, 2.24) is 0 Å². The SMILES string of the molecule is COc1ccc(Cl)cc1C(=O)O/N=C(\N)c1cc(Cl)ccc1OC. The van der Waals surface area contributed by atoms with E-state index in [0.717, 1.165) is 0 Å². The molecule has 0 unspecified atom stereocenters. The van der Waals surface area contributed by atoms with Crippen LogP contribution in [-0.4, -0.2) is 26.0 Å². The van der Waals surface area contributed by atoms with Crippen LogP contribution in [0.15, 0.2) is 41.6 Å². The lowest BCUT2D eigenvalue weighted by Gasteiger charge is -2.09. The van der Waals surface area contributed by atoms with Gasteiger partial charge in [0, 0.05) is 10.0 Å². The molecule has 2 N–H and O–H groups in total. The van der Waals surface area contributed by atoms with Gasteiger partial charge < -0.3 is 20.0 Å². The van der Waals surface area contributed by atoms with E-state index < -0.39 is 5.97 Å². The van der Waals surface area contributed by atoms with Crippen LogP contribution in [0.25, 0.3) is 0 Å². The van der Waals surface area contributed by atoms with Crippen molar-refractivity contribution in [2.45, 2.75) is 0 Å². The maximum absolute atomic E-state index is 12.2. The number of carbonyl (C=O) groups is 1. The first-order chi connectivity index (χ1) is 11.5. The molecule has 6 nitrogen and oxygen atoms in total. The van der Waals surface area contributed by atoms with Crippen LogP contribution in [0.2, 0.25) is 10.0 Å². The highest BCUT2D eigenvalue weighted by molar-refractivity contribution is 6.31.